The van der Waals surface area contributed by atoms with E-state index >= 15 is 0 Å². The van der Waals surface area contributed by atoms with Crippen LogP contribution in [-0.2, 0) is 6.42 Å². The van der Waals surface area contributed by atoms with Crippen LogP contribution >= 0.6 is 11.3 Å². The van der Waals surface area contributed by atoms with Crippen molar-refractivity contribution in [3.8, 4) is 10.7 Å². The third-order valence-corrected chi connectivity index (χ3v) is 2.99. The van der Waals surface area contributed by atoms with E-state index < -0.39 is 0 Å². The third kappa shape index (κ3) is 2.65. The molecule has 0 fully saturated rings. The van der Waals surface area contributed by atoms with Gasteiger partial charge in [0.1, 0.15) is 0 Å². The lowest BCUT2D eigenvalue weighted by molar-refractivity contribution is 0.366. The number of hydrogen-bond donors (Lipinski definition) is 1. The van der Waals surface area contributed by atoms with Gasteiger partial charge < -0.3 is 10.3 Å². The molecule has 2 rings (SSSR count). The Hall–Kier alpha value is -1.27. The van der Waals surface area contributed by atoms with Crippen LogP contribution in [0.15, 0.2) is 16.2 Å². The zero-order chi connectivity index (χ0) is 11.4. The van der Waals surface area contributed by atoms with Gasteiger partial charge in [-0.1, -0.05) is 18.5 Å². The fourth-order valence-corrected chi connectivity index (χ4v) is 2.01. The lowest BCUT2D eigenvalue weighted by atomic mass is 10.1. The smallest absolute Gasteiger partial charge is 0.228 e. The van der Waals surface area contributed by atoms with Gasteiger partial charge in [0, 0.05) is 18.7 Å². The number of nitrogens with zero attached hydrogens (tertiary/aromatic N) is 3. The molecule has 0 radical (unpaired) electrons. The van der Waals surface area contributed by atoms with Crippen molar-refractivity contribution in [2.75, 3.05) is 0 Å². The van der Waals surface area contributed by atoms with Crippen LogP contribution in [-0.4, -0.2) is 21.2 Å². The van der Waals surface area contributed by atoms with Gasteiger partial charge in [-0.3, -0.25) is 4.98 Å². The van der Waals surface area contributed by atoms with Crippen LogP contribution in [0.25, 0.3) is 10.7 Å². The molecule has 86 valence electrons. The topological polar surface area (TPSA) is 77.8 Å². The lowest BCUT2D eigenvalue weighted by Crippen LogP contribution is -2.22. The Morgan fingerprint density at radius 2 is 2.44 bits per heavy atom. The van der Waals surface area contributed by atoms with Crippen molar-refractivity contribution in [1.29, 1.82) is 0 Å². The van der Waals surface area contributed by atoms with Crippen LogP contribution in [0.5, 0.6) is 0 Å². The van der Waals surface area contributed by atoms with E-state index in [-0.39, 0.29) is 6.04 Å². The molecule has 0 amide bonds. The fraction of sp³-hybridized carbons (Fsp3) is 0.500. The van der Waals surface area contributed by atoms with Crippen LogP contribution in [0.2, 0.25) is 0 Å². The third-order valence-electron chi connectivity index (χ3n) is 2.22. The number of thiazole rings is 1. The zero-order valence-corrected chi connectivity index (χ0v) is 9.91. The average Bonchev–Trinajstić information content (AvgIpc) is 2.86. The molecule has 0 aliphatic carbocycles. The highest BCUT2D eigenvalue weighted by Crippen LogP contribution is 2.19. The molecular weight excluding hydrogens is 224 g/mol. The van der Waals surface area contributed by atoms with Crippen LogP contribution < -0.4 is 5.73 Å². The SMILES string of the molecule is CCCC(N)Cc1nc(-c2cncs2)no1. The Kier molecular flexibility index (Phi) is 3.63. The molecule has 1 atom stereocenters. The number of nitrogens with two attached hydrogens (primary N) is 1. The number of hydrogen-bond acceptors (Lipinski definition) is 6. The molecule has 0 aliphatic rings. The summed E-state index contributed by atoms with van der Waals surface area (Å²) in [5.74, 6) is 1.20. The predicted molar refractivity (Wildman–Crippen MR) is 62.0 cm³/mol. The summed E-state index contributed by atoms with van der Waals surface area (Å²) in [6.45, 7) is 2.11. The second-order valence-corrected chi connectivity index (χ2v) is 4.52. The largest absolute Gasteiger partial charge is 0.339 e. The Labute approximate surface area is 97.7 Å². The summed E-state index contributed by atoms with van der Waals surface area (Å²) in [7, 11) is 0. The molecule has 2 heterocycles. The first-order valence-corrected chi connectivity index (χ1v) is 6.14. The Morgan fingerprint density at radius 3 is 3.12 bits per heavy atom. The van der Waals surface area contributed by atoms with Crippen molar-refractivity contribution in [2.24, 2.45) is 5.73 Å². The minimum absolute atomic E-state index is 0.0970. The van der Waals surface area contributed by atoms with E-state index in [1.165, 1.54) is 11.3 Å². The molecule has 5 nitrogen and oxygen atoms in total. The maximum Gasteiger partial charge on any atom is 0.228 e. The lowest BCUT2D eigenvalue weighted by Gasteiger charge is -2.05. The average molecular weight is 238 g/mol. The molecule has 2 aromatic heterocycles. The maximum absolute atomic E-state index is 5.91. The molecule has 16 heavy (non-hydrogen) atoms. The molecule has 0 aromatic carbocycles. The normalized spacial score (nSPS) is 12.9. The first-order chi connectivity index (χ1) is 7.79. The van der Waals surface area contributed by atoms with Crippen molar-refractivity contribution in [2.45, 2.75) is 32.2 Å². The van der Waals surface area contributed by atoms with Gasteiger partial charge in [-0.2, -0.15) is 4.98 Å². The summed E-state index contributed by atoms with van der Waals surface area (Å²) in [4.78, 5) is 9.17. The van der Waals surface area contributed by atoms with Crippen molar-refractivity contribution >= 4 is 11.3 Å². The molecule has 0 spiro atoms. The van der Waals surface area contributed by atoms with E-state index in [0.717, 1.165) is 17.7 Å². The number of aromatic nitrogens is 3. The van der Waals surface area contributed by atoms with Gasteiger partial charge in [-0.05, 0) is 6.42 Å². The Balaban J connectivity index is 2.03. The summed E-state index contributed by atoms with van der Waals surface area (Å²) in [6.07, 6.45) is 4.40. The summed E-state index contributed by atoms with van der Waals surface area (Å²) >= 11 is 1.49. The van der Waals surface area contributed by atoms with Crippen LogP contribution in [0.3, 0.4) is 0 Å². The highest BCUT2D eigenvalue weighted by molar-refractivity contribution is 7.13. The fourth-order valence-electron chi connectivity index (χ4n) is 1.46. The first-order valence-electron chi connectivity index (χ1n) is 5.26. The van der Waals surface area contributed by atoms with Crippen LogP contribution in [0, 0.1) is 0 Å². The van der Waals surface area contributed by atoms with Gasteiger partial charge in [0.25, 0.3) is 0 Å². The molecule has 0 bridgehead atoms. The van der Waals surface area contributed by atoms with E-state index in [4.69, 9.17) is 10.3 Å². The zero-order valence-electron chi connectivity index (χ0n) is 9.09. The molecule has 0 saturated carbocycles. The summed E-state index contributed by atoms with van der Waals surface area (Å²) in [6, 6.07) is 0.0970. The van der Waals surface area contributed by atoms with Gasteiger partial charge in [-0.25, -0.2) is 0 Å². The van der Waals surface area contributed by atoms with Gasteiger partial charge in [0.15, 0.2) is 0 Å². The quantitative estimate of drug-likeness (QED) is 0.860. The van der Waals surface area contributed by atoms with E-state index in [1.807, 2.05) is 0 Å². The monoisotopic (exact) mass is 238 g/mol. The molecule has 0 saturated heterocycles. The van der Waals surface area contributed by atoms with Crippen LogP contribution in [0.1, 0.15) is 25.7 Å². The van der Waals surface area contributed by atoms with Gasteiger partial charge in [0.05, 0.1) is 10.4 Å². The molecule has 0 aliphatic heterocycles. The van der Waals surface area contributed by atoms with Gasteiger partial charge in [-0.15, -0.1) is 11.3 Å². The van der Waals surface area contributed by atoms with Crippen molar-refractivity contribution < 1.29 is 4.52 Å². The van der Waals surface area contributed by atoms with Crippen molar-refractivity contribution in [3.63, 3.8) is 0 Å². The molecule has 1 unspecified atom stereocenters. The van der Waals surface area contributed by atoms with Crippen LogP contribution in [0.4, 0.5) is 0 Å². The minimum Gasteiger partial charge on any atom is -0.339 e. The standard InChI is InChI=1S/C10H14N4OS/c1-2-3-7(11)4-9-13-10(14-15-9)8-5-12-6-16-8/h5-7H,2-4,11H2,1H3. The van der Waals surface area contributed by atoms with Gasteiger partial charge in [0.2, 0.25) is 11.7 Å². The predicted octanol–water partition coefficient (Wildman–Crippen LogP) is 1.86. The second-order valence-electron chi connectivity index (χ2n) is 3.63. The van der Waals surface area contributed by atoms with E-state index in [9.17, 15) is 0 Å². The molecule has 2 aromatic rings. The highest BCUT2D eigenvalue weighted by atomic mass is 32.1. The van der Waals surface area contributed by atoms with Gasteiger partial charge >= 0.3 is 0 Å². The molecule has 6 heteroatoms. The molecular formula is C10H14N4OS. The summed E-state index contributed by atoms with van der Waals surface area (Å²) in [5, 5.41) is 3.90. The molecule has 2 N–H and O–H groups in total. The van der Waals surface area contributed by atoms with E-state index in [1.54, 1.807) is 11.7 Å². The summed E-state index contributed by atoms with van der Waals surface area (Å²) < 4.78 is 5.14. The number of rotatable bonds is 5. The minimum atomic E-state index is 0.0970. The van der Waals surface area contributed by atoms with E-state index in [2.05, 4.69) is 22.0 Å². The van der Waals surface area contributed by atoms with E-state index in [0.29, 0.717) is 18.1 Å². The van der Waals surface area contributed by atoms with Crippen molar-refractivity contribution in [3.05, 3.63) is 17.6 Å². The van der Waals surface area contributed by atoms with Crippen molar-refractivity contribution in [1.82, 2.24) is 15.1 Å². The Bertz CT molecular complexity index is 426. The Morgan fingerprint density at radius 1 is 1.56 bits per heavy atom. The highest BCUT2D eigenvalue weighted by Gasteiger charge is 2.12. The first kappa shape index (κ1) is 11.2. The second kappa shape index (κ2) is 5.18. The maximum atomic E-state index is 5.91. The summed E-state index contributed by atoms with van der Waals surface area (Å²) in [5.41, 5.74) is 7.65.